The highest BCUT2D eigenvalue weighted by molar-refractivity contribution is 5.88. The molecule has 2 N–H and O–H groups in total. The van der Waals surface area contributed by atoms with Crippen molar-refractivity contribution in [2.45, 2.75) is 63.6 Å². The number of benzene rings is 2. The highest BCUT2D eigenvalue weighted by atomic mass is 16.5. The number of nitrogens with zero attached hydrogens (tertiary/aromatic N) is 1. The number of nitrogens with one attached hydrogen (secondary N) is 1. The van der Waals surface area contributed by atoms with Crippen LogP contribution in [0.2, 0.25) is 0 Å². The van der Waals surface area contributed by atoms with Crippen LogP contribution in [0.3, 0.4) is 0 Å². The zero-order chi connectivity index (χ0) is 24.7. The summed E-state index contributed by atoms with van der Waals surface area (Å²) >= 11 is 0. The van der Waals surface area contributed by atoms with E-state index >= 15 is 0 Å². The van der Waals surface area contributed by atoms with Crippen molar-refractivity contribution in [3.05, 3.63) is 59.7 Å². The van der Waals surface area contributed by atoms with Gasteiger partial charge in [0, 0.05) is 18.0 Å². The van der Waals surface area contributed by atoms with Gasteiger partial charge in [0.2, 0.25) is 5.91 Å². The molecule has 7 nitrogen and oxygen atoms in total. The predicted octanol–water partition coefficient (Wildman–Crippen LogP) is 4.40. The molecule has 2 heterocycles. The van der Waals surface area contributed by atoms with Crippen LogP contribution >= 0.6 is 0 Å². The maximum absolute atomic E-state index is 13.6. The number of carbonyl (C=O) groups is 3. The van der Waals surface area contributed by atoms with Crippen molar-refractivity contribution in [1.29, 1.82) is 0 Å². The zero-order valence-corrected chi connectivity index (χ0v) is 20.1. The molecule has 2 aromatic carbocycles. The van der Waals surface area contributed by atoms with E-state index in [0.717, 1.165) is 28.7 Å². The lowest BCUT2D eigenvalue weighted by molar-refractivity contribution is -0.143. The normalized spacial score (nSPS) is 23.9. The number of amides is 2. The Hall–Kier alpha value is -3.35. The standard InChI is InChI=1S/C28H32N2O5/c1-3-16(2)25(26(31)30-17-12-13-24(30)22(14-17)27(32)33)29-28(34)35-15-23-20-10-6-4-8-18(20)19-9-5-7-11-21(19)23/h4-11,16-17,22-25H,3,12-15H2,1-2H3,(H,29,34)(H,32,33)/t16?,17-,22+,24+,25?/m1/s1. The SMILES string of the molecule is CCC(C)C(NC(=O)OCC1c2ccccc2-c2ccccc21)C(=O)N1[C@@H]2CC[C@H]1[C@@H](C(=O)O)C2. The van der Waals surface area contributed by atoms with Gasteiger partial charge in [-0.2, -0.15) is 0 Å². The number of carbonyl (C=O) groups excluding carboxylic acids is 2. The van der Waals surface area contributed by atoms with Crippen molar-refractivity contribution < 1.29 is 24.2 Å². The molecule has 3 aliphatic rings. The van der Waals surface area contributed by atoms with E-state index < -0.39 is 24.0 Å². The van der Waals surface area contributed by atoms with E-state index in [1.54, 1.807) is 4.90 Å². The van der Waals surface area contributed by atoms with E-state index in [2.05, 4.69) is 29.6 Å². The van der Waals surface area contributed by atoms with Crippen LogP contribution in [-0.2, 0) is 14.3 Å². The first-order valence-corrected chi connectivity index (χ1v) is 12.6. The van der Waals surface area contributed by atoms with Gasteiger partial charge in [0.1, 0.15) is 12.6 Å². The topological polar surface area (TPSA) is 95.9 Å². The molecular formula is C28H32N2O5. The summed E-state index contributed by atoms with van der Waals surface area (Å²) in [6.45, 7) is 4.08. The zero-order valence-electron chi connectivity index (χ0n) is 20.1. The Labute approximate surface area is 205 Å². The second kappa shape index (κ2) is 9.36. The van der Waals surface area contributed by atoms with Gasteiger partial charge >= 0.3 is 12.1 Å². The highest BCUT2D eigenvalue weighted by Gasteiger charge is 2.52. The second-order valence-corrected chi connectivity index (χ2v) is 10.1. The summed E-state index contributed by atoms with van der Waals surface area (Å²) < 4.78 is 5.69. The molecule has 2 amide bonds. The largest absolute Gasteiger partial charge is 0.481 e. The molecule has 1 aliphatic carbocycles. The minimum absolute atomic E-state index is 0.0587. The molecule has 0 aromatic heterocycles. The molecule has 2 fully saturated rings. The molecule has 2 aromatic rings. The monoisotopic (exact) mass is 476 g/mol. The molecule has 0 radical (unpaired) electrons. The number of rotatable bonds is 7. The van der Waals surface area contributed by atoms with Gasteiger partial charge in [-0.25, -0.2) is 4.79 Å². The number of carboxylic acid groups (broad SMARTS) is 1. The Morgan fingerprint density at radius 3 is 2.26 bits per heavy atom. The average Bonchev–Trinajstić information content (AvgIpc) is 3.55. The summed E-state index contributed by atoms with van der Waals surface area (Å²) in [5, 5.41) is 12.4. The summed E-state index contributed by atoms with van der Waals surface area (Å²) in [4.78, 5) is 39.9. The fraction of sp³-hybridized carbons (Fsp3) is 0.464. The Bertz CT molecular complexity index is 1100. The lowest BCUT2D eigenvalue weighted by atomic mass is 9.89. The number of hydrogen-bond donors (Lipinski definition) is 2. The number of fused-ring (bicyclic) bond motifs is 5. The van der Waals surface area contributed by atoms with Crippen LogP contribution in [0.5, 0.6) is 0 Å². The van der Waals surface area contributed by atoms with Crippen molar-refractivity contribution in [2.24, 2.45) is 11.8 Å². The van der Waals surface area contributed by atoms with Gasteiger partial charge in [-0.3, -0.25) is 9.59 Å². The molecule has 7 heteroatoms. The van der Waals surface area contributed by atoms with E-state index in [-0.39, 0.29) is 36.4 Å². The lowest BCUT2D eigenvalue weighted by Crippen LogP contribution is -2.53. The van der Waals surface area contributed by atoms with Gasteiger partial charge in [0.05, 0.1) is 5.92 Å². The molecule has 2 bridgehead atoms. The van der Waals surface area contributed by atoms with Crippen LogP contribution in [-0.4, -0.2) is 52.7 Å². The number of aliphatic carboxylic acids is 1. The molecule has 0 spiro atoms. The molecule has 184 valence electrons. The van der Waals surface area contributed by atoms with Gasteiger partial charge in [0.15, 0.2) is 0 Å². The van der Waals surface area contributed by atoms with E-state index in [0.29, 0.717) is 19.3 Å². The van der Waals surface area contributed by atoms with Crippen LogP contribution < -0.4 is 5.32 Å². The van der Waals surface area contributed by atoms with Crippen molar-refractivity contribution in [2.75, 3.05) is 6.61 Å². The minimum Gasteiger partial charge on any atom is -0.481 e. The van der Waals surface area contributed by atoms with Crippen molar-refractivity contribution in [3.8, 4) is 11.1 Å². The highest BCUT2D eigenvalue weighted by Crippen LogP contribution is 2.45. The third kappa shape index (κ3) is 4.07. The lowest BCUT2D eigenvalue weighted by Gasteiger charge is -2.31. The first-order chi connectivity index (χ1) is 16.9. The summed E-state index contributed by atoms with van der Waals surface area (Å²) in [6, 6.07) is 15.2. The molecule has 2 aliphatic heterocycles. The van der Waals surface area contributed by atoms with E-state index in [9.17, 15) is 19.5 Å². The summed E-state index contributed by atoms with van der Waals surface area (Å²) in [5.41, 5.74) is 4.57. The van der Waals surface area contributed by atoms with Crippen molar-refractivity contribution in [3.63, 3.8) is 0 Å². The quantitative estimate of drug-likeness (QED) is 0.617. The molecule has 35 heavy (non-hydrogen) atoms. The van der Waals surface area contributed by atoms with Gasteiger partial charge in [-0.05, 0) is 47.4 Å². The summed E-state index contributed by atoms with van der Waals surface area (Å²) in [7, 11) is 0. The van der Waals surface area contributed by atoms with Crippen molar-refractivity contribution in [1.82, 2.24) is 10.2 Å². The first kappa shape index (κ1) is 23.4. The number of alkyl carbamates (subject to hydrolysis) is 1. The summed E-state index contributed by atoms with van der Waals surface area (Å²) in [5.74, 6) is -1.73. The molecule has 2 unspecified atom stereocenters. The Morgan fingerprint density at radius 1 is 1.06 bits per heavy atom. The molecular weight excluding hydrogens is 444 g/mol. The Kier molecular flexibility index (Phi) is 6.26. The smallest absolute Gasteiger partial charge is 0.407 e. The van der Waals surface area contributed by atoms with Crippen LogP contribution in [0.15, 0.2) is 48.5 Å². The number of ether oxygens (including phenoxy) is 1. The third-order valence-electron chi connectivity index (χ3n) is 8.20. The number of hydrogen-bond acceptors (Lipinski definition) is 4. The van der Waals surface area contributed by atoms with E-state index in [4.69, 9.17) is 4.74 Å². The van der Waals surface area contributed by atoms with Gasteiger partial charge in [-0.1, -0.05) is 68.8 Å². The minimum atomic E-state index is -0.848. The molecule has 5 atom stereocenters. The van der Waals surface area contributed by atoms with Gasteiger partial charge in [0.25, 0.3) is 0 Å². The first-order valence-electron chi connectivity index (χ1n) is 12.6. The van der Waals surface area contributed by atoms with E-state index in [1.165, 1.54) is 0 Å². The maximum Gasteiger partial charge on any atom is 0.407 e. The Balaban J connectivity index is 1.28. The molecule has 2 saturated heterocycles. The fourth-order valence-electron chi connectivity index (χ4n) is 6.21. The van der Waals surface area contributed by atoms with Crippen LogP contribution in [0, 0.1) is 11.8 Å². The fourth-order valence-corrected chi connectivity index (χ4v) is 6.21. The summed E-state index contributed by atoms with van der Waals surface area (Å²) in [6.07, 6.45) is 2.09. The molecule has 0 saturated carbocycles. The van der Waals surface area contributed by atoms with Crippen LogP contribution in [0.25, 0.3) is 11.1 Å². The second-order valence-electron chi connectivity index (χ2n) is 10.1. The van der Waals surface area contributed by atoms with Crippen molar-refractivity contribution >= 4 is 18.0 Å². The van der Waals surface area contributed by atoms with Crippen LogP contribution in [0.1, 0.15) is 56.6 Å². The van der Waals surface area contributed by atoms with E-state index in [1.807, 2.05) is 38.1 Å². The van der Waals surface area contributed by atoms with Gasteiger partial charge in [-0.15, -0.1) is 0 Å². The van der Waals surface area contributed by atoms with Gasteiger partial charge < -0.3 is 20.1 Å². The molecule has 5 rings (SSSR count). The number of carboxylic acids is 1. The van der Waals surface area contributed by atoms with Crippen LogP contribution in [0.4, 0.5) is 4.79 Å². The predicted molar refractivity (Wildman–Crippen MR) is 131 cm³/mol. The maximum atomic E-state index is 13.6. The average molecular weight is 477 g/mol. The Morgan fingerprint density at radius 2 is 1.69 bits per heavy atom. The third-order valence-corrected chi connectivity index (χ3v) is 8.20.